The summed E-state index contributed by atoms with van der Waals surface area (Å²) in [6, 6.07) is 0.310. The lowest BCUT2D eigenvalue weighted by molar-refractivity contribution is 0.134. The molecule has 0 spiro atoms. The molecule has 3 unspecified atom stereocenters. The monoisotopic (exact) mass is 159 g/mol. The molecule has 1 saturated carbocycles. The highest BCUT2D eigenvalue weighted by Gasteiger charge is 2.25. The second-order valence-corrected chi connectivity index (χ2v) is 3.36. The summed E-state index contributed by atoms with van der Waals surface area (Å²) in [5.41, 5.74) is 0. The number of nitrogens with one attached hydrogen (secondary N) is 1. The fourth-order valence-electron chi connectivity index (χ4n) is 1.55. The zero-order valence-electron chi connectivity index (χ0n) is 6.95. The Labute approximate surface area is 67.4 Å². The van der Waals surface area contributed by atoms with Crippen molar-refractivity contribution in [3.05, 3.63) is 0 Å². The first-order valence-electron chi connectivity index (χ1n) is 4.29. The van der Waals surface area contributed by atoms with Crippen molar-refractivity contribution in [2.45, 2.75) is 44.4 Å². The SMILES string of the molecule is CC(CO)NC1CCCC1O. The Morgan fingerprint density at radius 2 is 2.27 bits per heavy atom. The zero-order valence-corrected chi connectivity index (χ0v) is 6.95. The number of hydrogen-bond donors (Lipinski definition) is 3. The van der Waals surface area contributed by atoms with Gasteiger partial charge in [0.05, 0.1) is 12.7 Å². The number of aliphatic hydroxyl groups is 2. The second-order valence-electron chi connectivity index (χ2n) is 3.36. The molecule has 3 heteroatoms. The van der Waals surface area contributed by atoms with Crippen LogP contribution in [0.2, 0.25) is 0 Å². The fraction of sp³-hybridized carbons (Fsp3) is 1.00. The molecule has 3 N–H and O–H groups in total. The molecule has 0 amide bonds. The third kappa shape index (κ3) is 2.43. The smallest absolute Gasteiger partial charge is 0.0693 e. The van der Waals surface area contributed by atoms with Gasteiger partial charge in [0.25, 0.3) is 0 Å². The molecule has 1 aliphatic carbocycles. The van der Waals surface area contributed by atoms with E-state index in [0.29, 0.717) is 0 Å². The van der Waals surface area contributed by atoms with Gasteiger partial charge in [-0.25, -0.2) is 0 Å². The summed E-state index contributed by atoms with van der Waals surface area (Å²) in [6.45, 7) is 2.06. The van der Waals surface area contributed by atoms with Crippen LogP contribution in [0.4, 0.5) is 0 Å². The fourth-order valence-corrected chi connectivity index (χ4v) is 1.55. The van der Waals surface area contributed by atoms with Crippen LogP contribution < -0.4 is 5.32 Å². The largest absolute Gasteiger partial charge is 0.395 e. The van der Waals surface area contributed by atoms with Crippen LogP contribution >= 0.6 is 0 Å². The van der Waals surface area contributed by atoms with Gasteiger partial charge in [-0.2, -0.15) is 0 Å². The molecule has 0 radical (unpaired) electrons. The zero-order chi connectivity index (χ0) is 8.27. The second kappa shape index (κ2) is 4.04. The van der Waals surface area contributed by atoms with E-state index >= 15 is 0 Å². The molecule has 0 saturated heterocycles. The molecule has 0 aromatic rings. The summed E-state index contributed by atoms with van der Waals surface area (Å²) < 4.78 is 0. The molecule has 11 heavy (non-hydrogen) atoms. The lowest BCUT2D eigenvalue weighted by Crippen LogP contribution is -2.42. The van der Waals surface area contributed by atoms with E-state index < -0.39 is 0 Å². The van der Waals surface area contributed by atoms with E-state index in [1.807, 2.05) is 6.92 Å². The third-order valence-corrected chi connectivity index (χ3v) is 2.25. The maximum absolute atomic E-state index is 9.39. The summed E-state index contributed by atoms with van der Waals surface area (Å²) in [7, 11) is 0. The van der Waals surface area contributed by atoms with E-state index in [1.165, 1.54) is 0 Å². The first-order valence-corrected chi connectivity index (χ1v) is 4.29. The molecule has 0 aromatic carbocycles. The van der Waals surface area contributed by atoms with Gasteiger partial charge in [-0.1, -0.05) is 0 Å². The van der Waals surface area contributed by atoms with Gasteiger partial charge in [-0.15, -0.1) is 0 Å². The van der Waals surface area contributed by atoms with Crippen molar-refractivity contribution < 1.29 is 10.2 Å². The molecule has 0 aliphatic heterocycles. The number of hydrogen-bond acceptors (Lipinski definition) is 3. The van der Waals surface area contributed by atoms with Gasteiger partial charge in [0.15, 0.2) is 0 Å². The minimum Gasteiger partial charge on any atom is -0.395 e. The Balaban J connectivity index is 2.24. The summed E-state index contributed by atoms with van der Waals surface area (Å²) in [5.74, 6) is 0. The van der Waals surface area contributed by atoms with E-state index in [2.05, 4.69) is 5.32 Å². The van der Waals surface area contributed by atoms with Gasteiger partial charge in [-0.05, 0) is 26.2 Å². The molecule has 1 rings (SSSR count). The number of rotatable bonds is 3. The van der Waals surface area contributed by atoms with Crippen LogP contribution in [0.25, 0.3) is 0 Å². The average molecular weight is 159 g/mol. The van der Waals surface area contributed by atoms with E-state index in [9.17, 15) is 5.11 Å². The molecule has 3 atom stereocenters. The first-order chi connectivity index (χ1) is 5.24. The van der Waals surface area contributed by atoms with E-state index in [1.54, 1.807) is 0 Å². The minimum atomic E-state index is -0.205. The van der Waals surface area contributed by atoms with Gasteiger partial charge < -0.3 is 15.5 Å². The van der Waals surface area contributed by atoms with Crippen molar-refractivity contribution >= 4 is 0 Å². The van der Waals surface area contributed by atoms with Gasteiger partial charge in [0.2, 0.25) is 0 Å². The van der Waals surface area contributed by atoms with Gasteiger partial charge in [0, 0.05) is 12.1 Å². The summed E-state index contributed by atoms with van der Waals surface area (Å²) in [4.78, 5) is 0. The summed E-state index contributed by atoms with van der Waals surface area (Å²) in [6.07, 6.45) is 2.82. The predicted octanol–water partition coefficient (Wildman–Crippen LogP) is -0.130. The van der Waals surface area contributed by atoms with Crippen LogP contribution in [0, 0.1) is 0 Å². The molecule has 0 bridgehead atoms. The highest BCUT2D eigenvalue weighted by Crippen LogP contribution is 2.18. The molecule has 0 heterocycles. The van der Waals surface area contributed by atoms with Gasteiger partial charge in [0.1, 0.15) is 0 Å². The Kier molecular flexibility index (Phi) is 3.30. The molecule has 3 nitrogen and oxygen atoms in total. The van der Waals surface area contributed by atoms with Crippen molar-refractivity contribution in [3.63, 3.8) is 0 Å². The molecular weight excluding hydrogens is 142 g/mol. The van der Waals surface area contributed by atoms with Crippen LogP contribution in [-0.2, 0) is 0 Å². The van der Waals surface area contributed by atoms with E-state index in [0.717, 1.165) is 19.3 Å². The maximum Gasteiger partial charge on any atom is 0.0693 e. The van der Waals surface area contributed by atoms with Crippen LogP contribution in [0.1, 0.15) is 26.2 Å². The van der Waals surface area contributed by atoms with Gasteiger partial charge >= 0.3 is 0 Å². The lowest BCUT2D eigenvalue weighted by atomic mass is 10.2. The standard InChI is InChI=1S/C8H17NO2/c1-6(5-10)9-7-3-2-4-8(7)11/h6-11H,2-5H2,1H3. The minimum absolute atomic E-state index is 0.104. The van der Waals surface area contributed by atoms with Crippen molar-refractivity contribution in [1.82, 2.24) is 5.32 Å². The summed E-state index contributed by atoms with van der Waals surface area (Å²) >= 11 is 0. The van der Waals surface area contributed by atoms with Crippen LogP contribution in [-0.4, -0.2) is 35.0 Å². The van der Waals surface area contributed by atoms with E-state index in [-0.39, 0.29) is 24.8 Å². The number of aliphatic hydroxyl groups excluding tert-OH is 2. The summed E-state index contributed by atoms with van der Waals surface area (Å²) in [5, 5.41) is 21.3. The van der Waals surface area contributed by atoms with Crippen molar-refractivity contribution in [2.75, 3.05) is 6.61 Å². The third-order valence-electron chi connectivity index (χ3n) is 2.25. The maximum atomic E-state index is 9.39. The Bertz CT molecular complexity index is 119. The van der Waals surface area contributed by atoms with E-state index in [4.69, 9.17) is 5.11 Å². The topological polar surface area (TPSA) is 52.5 Å². The Morgan fingerprint density at radius 3 is 2.73 bits per heavy atom. The quantitative estimate of drug-likeness (QED) is 0.537. The van der Waals surface area contributed by atoms with Crippen molar-refractivity contribution in [3.8, 4) is 0 Å². The molecule has 66 valence electrons. The lowest BCUT2D eigenvalue weighted by Gasteiger charge is -2.20. The molecule has 0 aromatic heterocycles. The highest BCUT2D eigenvalue weighted by atomic mass is 16.3. The van der Waals surface area contributed by atoms with Crippen LogP contribution in [0.15, 0.2) is 0 Å². The Hall–Kier alpha value is -0.120. The predicted molar refractivity (Wildman–Crippen MR) is 43.3 cm³/mol. The molecular formula is C8H17NO2. The molecule has 1 fully saturated rings. The Morgan fingerprint density at radius 1 is 1.55 bits per heavy atom. The van der Waals surface area contributed by atoms with Crippen molar-refractivity contribution in [2.24, 2.45) is 0 Å². The van der Waals surface area contributed by atoms with Crippen LogP contribution in [0.3, 0.4) is 0 Å². The highest BCUT2D eigenvalue weighted by molar-refractivity contribution is 4.84. The van der Waals surface area contributed by atoms with Gasteiger partial charge in [-0.3, -0.25) is 0 Å². The average Bonchev–Trinajstić information content (AvgIpc) is 2.37. The molecule has 1 aliphatic rings. The van der Waals surface area contributed by atoms with Crippen molar-refractivity contribution in [1.29, 1.82) is 0 Å². The van der Waals surface area contributed by atoms with Crippen LogP contribution in [0.5, 0.6) is 0 Å². The normalized spacial score (nSPS) is 34.1. The first kappa shape index (κ1) is 8.97.